The van der Waals surface area contributed by atoms with Gasteiger partial charge in [-0.3, -0.25) is 14.6 Å². The maximum atomic E-state index is 13.7. The highest BCUT2D eigenvalue weighted by Gasteiger charge is 2.44. The van der Waals surface area contributed by atoms with Crippen molar-refractivity contribution in [3.8, 4) is 5.75 Å². The first-order valence-corrected chi connectivity index (χ1v) is 11.3. The van der Waals surface area contributed by atoms with Crippen LogP contribution in [0.5, 0.6) is 5.75 Å². The third-order valence-corrected chi connectivity index (χ3v) is 6.26. The van der Waals surface area contributed by atoms with E-state index in [1.165, 1.54) is 4.90 Å². The average Bonchev–Trinajstić information content (AvgIpc) is 3.38. The number of amides is 1. The van der Waals surface area contributed by atoms with Gasteiger partial charge in [-0.15, -0.1) is 0 Å². The molecule has 0 saturated heterocycles. The van der Waals surface area contributed by atoms with E-state index < -0.39 is 23.5 Å². The lowest BCUT2D eigenvalue weighted by Gasteiger charge is -2.27. The zero-order valence-electron chi connectivity index (χ0n) is 18.1. The van der Waals surface area contributed by atoms with E-state index in [0.29, 0.717) is 16.9 Å². The van der Waals surface area contributed by atoms with Gasteiger partial charge in [0.1, 0.15) is 11.3 Å². The number of aliphatic hydroxyl groups is 1. The zero-order valence-corrected chi connectivity index (χ0v) is 19.7. The molecule has 170 valence electrons. The quantitative estimate of drug-likeness (QED) is 0.344. The molecular weight excluding hydrogens is 500 g/mol. The smallest absolute Gasteiger partial charge is 0.290 e. The van der Waals surface area contributed by atoms with Gasteiger partial charge >= 0.3 is 0 Å². The number of hydrogen-bond donors (Lipinski definition) is 1. The number of hydrogen-bond acceptors (Lipinski definition) is 6. The predicted octanol–water partition coefficient (Wildman–Crippen LogP) is 5.38. The molecule has 1 amide bonds. The Bertz CT molecular complexity index is 1440. The number of methoxy groups -OCH3 is 1. The lowest BCUT2D eigenvalue weighted by Crippen LogP contribution is -2.30. The van der Waals surface area contributed by atoms with Gasteiger partial charge in [0.2, 0.25) is 5.78 Å². The minimum absolute atomic E-state index is 0.0366. The molecular formula is C26H19BrN2O5. The van der Waals surface area contributed by atoms with Crippen molar-refractivity contribution in [2.45, 2.75) is 12.6 Å². The number of furan rings is 1. The van der Waals surface area contributed by atoms with E-state index in [4.69, 9.17) is 9.15 Å². The molecule has 1 aliphatic heterocycles. The van der Waals surface area contributed by atoms with Gasteiger partial charge in [0, 0.05) is 28.8 Å². The number of carbonyl (C=O) groups is 2. The van der Waals surface area contributed by atoms with Gasteiger partial charge < -0.3 is 19.2 Å². The van der Waals surface area contributed by atoms with Crippen LogP contribution in [0.15, 0.2) is 93.3 Å². The van der Waals surface area contributed by atoms with Crippen LogP contribution in [-0.2, 0) is 11.3 Å². The number of ketones is 1. The Kier molecular flexibility index (Phi) is 5.67. The number of rotatable bonds is 6. The summed E-state index contributed by atoms with van der Waals surface area (Å²) < 4.78 is 12.0. The first-order valence-electron chi connectivity index (χ1n) is 10.5. The molecule has 5 rings (SSSR count). The summed E-state index contributed by atoms with van der Waals surface area (Å²) >= 11 is 3.41. The number of nitrogens with zero attached hydrogens (tertiary/aromatic N) is 2. The molecule has 0 bridgehead atoms. The van der Waals surface area contributed by atoms with Crippen LogP contribution in [-0.4, -0.2) is 33.8 Å². The number of aromatic nitrogens is 1. The molecule has 0 aliphatic carbocycles. The Balaban J connectivity index is 1.61. The molecule has 34 heavy (non-hydrogen) atoms. The fraction of sp³-hybridized carbons (Fsp3) is 0.115. The minimum atomic E-state index is -0.830. The molecule has 0 spiro atoms. The summed E-state index contributed by atoms with van der Waals surface area (Å²) in [5.74, 6) is -1.16. The van der Waals surface area contributed by atoms with E-state index in [1.54, 1.807) is 68.0 Å². The lowest BCUT2D eigenvalue weighted by molar-refractivity contribution is -0.130. The largest absolute Gasteiger partial charge is 0.503 e. The van der Waals surface area contributed by atoms with Crippen LogP contribution < -0.4 is 4.74 Å². The number of fused-ring (bicyclic) bond motifs is 1. The zero-order chi connectivity index (χ0) is 23.8. The molecule has 7 nitrogen and oxygen atoms in total. The molecule has 1 atom stereocenters. The number of Topliss-reactive ketones (excluding diaryl/α,β-unsaturated/α-hetero) is 1. The Labute approximate surface area is 203 Å². The monoisotopic (exact) mass is 518 g/mol. The van der Waals surface area contributed by atoms with E-state index in [0.717, 1.165) is 15.4 Å². The molecule has 2 aromatic carbocycles. The normalized spacial score (nSPS) is 15.9. The van der Waals surface area contributed by atoms with Crippen LogP contribution in [0.4, 0.5) is 0 Å². The van der Waals surface area contributed by atoms with Crippen molar-refractivity contribution < 1.29 is 23.8 Å². The average molecular weight is 519 g/mol. The van der Waals surface area contributed by atoms with Crippen LogP contribution >= 0.6 is 15.9 Å². The van der Waals surface area contributed by atoms with Gasteiger partial charge in [-0.25, -0.2) is 0 Å². The summed E-state index contributed by atoms with van der Waals surface area (Å²) in [6.07, 6.45) is 3.25. The molecule has 0 fully saturated rings. The van der Waals surface area contributed by atoms with Gasteiger partial charge in [-0.05, 0) is 59.7 Å². The number of pyridine rings is 1. The van der Waals surface area contributed by atoms with Crippen LogP contribution in [0.2, 0.25) is 0 Å². The Morgan fingerprint density at radius 3 is 2.71 bits per heavy atom. The van der Waals surface area contributed by atoms with Crippen LogP contribution in [0.25, 0.3) is 11.0 Å². The van der Waals surface area contributed by atoms with Crippen LogP contribution in [0.1, 0.15) is 27.7 Å². The van der Waals surface area contributed by atoms with Crippen molar-refractivity contribution >= 4 is 38.6 Å². The molecule has 1 aliphatic rings. The fourth-order valence-corrected chi connectivity index (χ4v) is 4.53. The molecule has 3 heterocycles. The summed E-state index contributed by atoms with van der Waals surface area (Å²) in [7, 11) is 1.54. The van der Waals surface area contributed by atoms with Gasteiger partial charge in [-0.2, -0.15) is 0 Å². The molecule has 8 heteroatoms. The lowest BCUT2D eigenvalue weighted by atomic mass is 9.94. The van der Waals surface area contributed by atoms with Gasteiger partial charge in [0.05, 0.1) is 18.7 Å². The maximum Gasteiger partial charge on any atom is 0.290 e. The van der Waals surface area contributed by atoms with Crippen LogP contribution in [0.3, 0.4) is 0 Å². The van der Waals surface area contributed by atoms with E-state index in [-0.39, 0.29) is 17.9 Å². The first kappa shape index (κ1) is 21.9. The number of carbonyl (C=O) groups excluding carboxylic acids is 2. The maximum absolute atomic E-state index is 13.7. The second-order valence-corrected chi connectivity index (χ2v) is 8.77. The number of benzene rings is 2. The Morgan fingerprint density at radius 1 is 1.15 bits per heavy atom. The molecule has 4 aromatic rings. The van der Waals surface area contributed by atoms with Gasteiger partial charge in [0.15, 0.2) is 11.5 Å². The standard InChI is InChI=1S/C26H19BrN2O5/c1-33-19-4-2-3-16(12-19)23-22(24(30)21-13-17-11-18(27)5-6-20(17)34-21)25(31)26(32)29(23)14-15-7-9-28-10-8-15/h2-13,23,31H,14H2,1H3. The summed E-state index contributed by atoms with van der Waals surface area (Å²) in [6.45, 7) is 0.178. The van der Waals surface area contributed by atoms with Crippen molar-refractivity contribution in [2.75, 3.05) is 7.11 Å². The van der Waals surface area contributed by atoms with Crippen molar-refractivity contribution in [3.63, 3.8) is 0 Å². The second kappa shape index (κ2) is 8.79. The summed E-state index contributed by atoms with van der Waals surface area (Å²) in [5, 5.41) is 11.6. The van der Waals surface area contributed by atoms with Crippen molar-refractivity contribution in [2.24, 2.45) is 0 Å². The summed E-state index contributed by atoms with van der Waals surface area (Å²) in [4.78, 5) is 32.3. The number of aliphatic hydroxyl groups excluding tert-OH is 1. The number of halogens is 1. The fourth-order valence-electron chi connectivity index (χ4n) is 4.15. The third-order valence-electron chi connectivity index (χ3n) is 5.76. The Morgan fingerprint density at radius 2 is 1.94 bits per heavy atom. The topological polar surface area (TPSA) is 92.9 Å². The highest BCUT2D eigenvalue weighted by Crippen LogP contribution is 2.41. The van der Waals surface area contributed by atoms with Gasteiger partial charge in [0.25, 0.3) is 5.91 Å². The minimum Gasteiger partial charge on any atom is -0.503 e. The highest BCUT2D eigenvalue weighted by molar-refractivity contribution is 9.10. The molecule has 0 radical (unpaired) electrons. The molecule has 1 unspecified atom stereocenters. The molecule has 0 saturated carbocycles. The highest BCUT2D eigenvalue weighted by atomic mass is 79.9. The SMILES string of the molecule is COc1cccc(C2C(C(=O)c3cc4cc(Br)ccc4o3)=C(O)C(=O)N2Cc2ccncc2)c1. The van der Waals surface area contributed by atoms with Crippen molar-refractivity contribution in [1.29, 1.82) is 0 Å². The van der Waals surface area contributed by atoms with E-state index in [2.05, 4.69) is 20.9 Å². The van der Waals surface area contributed by atoms with E-state index in [1.807, 2.05) is 12.1 Å². The third kappa shape index (κ3) is 3.86. The predicted molar refractivity (Wildman–Crippen MR) is 128 cm³/mol. The van der Waals surface area contributed by atoms with Crippen molar-refractivity contribution in [1.82, 2.24) is 9.88 Å². The van der Waals surface area contributed by atoms with E-state index >= 15 is 0 Å². The van der Waals surface area contributed by atoms with Gasteiger partial charge in [-0.1, -0.05) is 28.1 Å². The van der Waals surface area contributed by atoms with Crippen molar-refractivity contribution in [3.05, 3.63) is 106 Å². The number of ether oxygens (including phenoxy) is 1. The van der Waals surface area contributed by atoms with E-state index in [9.17, 15) is 14.7 Å². The molecule has 1 N–H and O–H groups in total. The first-order chi connectivity index (χ1) is 16.5. The van der Waals surface area contributed by atoms with Crippen LogP contribution in [0, 0.1) is 0 Å². The Hall–Kier alpha value is -3.91. The summed E-state index contributed by atoms with van der Waals surface area (Å²) in [5.41, 5.74) is 1.94. The summed E-state index contributed by atoms with van der Waals surface area (Å²) in [6, 6.07) is 16.8. The second-order valence-electron chi connectivity index (χ2n) is 7.85. The molecule has 2 aromatic heterocycles.